The minimum absolute atomic E-state index is 0.00363. The monoisotopic (exact) mass is 424 g/mol. The largest absolute Gasteiger partial charge is 0.322 e. The van der Waals surface area contributed by atoms with Crippen molar-refractivity contribution in [2.75, 3.05) is 10.2 Å². The van der Waals surface area contributed by atoms with E-state index in [1.807, 2.05) is 31.2 Å². The fourth-order valence-corrected chi connectivity index (χ4v) is 3.59. The summed E-state index contributed by atoms with van der Waals surface area (Å²) < 4.78 is 27.6. The molecular weight excluding hydrogens is 406 g/mol. The molecule has 1 N–H and O–H groups in total. The van der Waals surface area contributed by atoms with Crippen LogP contribution in [0.4, 0.5) is 20.2 Å². The summed E-state index contributed by atoms with van der Waals surface area (Å²) in [5.74, 6) is -2.86. The average Bonchev–Trinajstić information content (AvgIpc) is 3.07. The Morgan fingerprint density at radius 3 is 2.68 bits per heavy atom. The number of para-hydroxylation sites is 1. The van der Waals surface area contributed by atoms with Gasteiger partial charge in [-0.1, -0.05) is 18.2 Å². The van der Waals surface area contributed by atoms with Crippen molar-refractivity contribution in [3.63, 3.8) is 0 Å². The lowest BCUT2D eigenvalue weighted by atomic mass is 10.1. The predicted octanol–water partition coefficient (Wildman–Crippen LogP) is 2.75. The Hall–Kier alpha value is -3.88. The third-order valence-corrected chi connectivity index (χ3v) is 5.01. The van der Waals surface area contributed by atoms with Crippen molar-refractivity contribution in [2.45, 2.75) is 25.9 Å². The molecule has 1 aliphatic rings. The van der Waals surface area contributed by atoms with Crippen molar-refractivity contribution < 1.29 is 18.4 Å². The molecule has 1 aromatic heterocycles. The van der Waals surface area contributed by atoms with Crippen LogP contribution in [-0.2, 0) is 17.8 Å². The van der Waals surface area contributed by atoms with Crippen LogP contribution in [0.5, 0.6) is 0 Å². The third kappa shape index (κ3) is 4.07. The molecular formula is C22H18F2N4O3. The van der Waals surface area contributed by atoms with E-state index < -0.39 is 35.6 Å². The normalized spacial score (nSPS) is 14.9. The lowest BCUT2D eigenvalue weighted by Crippen LogP contribution is -2.38. The zero-order valence-electron chi connectivity index (χ0n) is 16.5. The van der Waals surface area contributed by atoms with Gasteiger partial charge in [-0.15, -0.1) is 0 Å². The molecule has 1 aliphatic heterocycles. The summed E-state index contributed by atoms with van der Waals surface area (Å²) in [5.41, 5.74) is 1.00. The zero-order valence-corrected chi connectivity index (χ0v) is 16.5. The highest BCUT2D eigenvalue weighted by Crippen LogP contribution is 2.32. The molecule has 158 valence electrons. The van der Waals surface area contributed by atoms with E-state index in [-0.39, 0.29) is 17.4 Å². The Labute approximate surface area is 175 Å². The predicted molar refractivity (Wildman–Crippen MR) is 110 cm³/mol. The van der Waals surface area contributed by atoms with E-state index in [1.165, 1.54) is 6.07 Å². The van der Waals surface area contributed by atoms with Crippen molar-refractivity contribution >= 4 is 23.2 Å². The van der Waals surface area contributed by atoms with Crippen LogP contribution in [0.25, 0.3) is 0 Å². The first-order valence-corrected chi connectivity index (χ1v) is 9.58. The molecule has 0 saturated heterocycles. The molecule has 9 heteroatoms. The number of carbonyl (C=O) groups is 2. The fraction of sp³-hybridized carbons (Fsp3) is 0.182. The molecule has 1 atom stereocenters. The van der Waals surface area contributed by atoms with Gasteiger partial charge in [0, 0.05) is 23.9 Å². The molecule has 7 nitrogen and oxygen atoms in total. The number of fused-ring (bicyclic) bond motifs is 1. The van der Waals surface area contributed by atoms with Crippen LogP contribution in [0.3, 0.4) is 0 Å². The van der Waals surface area contributed by atoms with Gasteiger partial charge in [0.2, 0.25) is 5.91 Å². The van der Waals surface area contributed by atoms with Crippen LogP contribution >= 0.6 is 0 Å². The molecule has 0 bridgehead atoms. The van der Waals surface area contributed by atoms with Gasteiger partial charge < -0.3 is 10.2 Å². The van der Waals surface area contributed by atoms with Crippen LogP contribution in [-0.4, -0.2) is 27.6 Å². The van der Waals surface area contributed by atoms with E-state index in [0.717, 1.165) is 34.1 Å². The number of aromatic nitrogens is 2. The van der Waals surface area contributed by atoms with Crippen molar-refractivity contribution in [1.82, 2.24) is 9.78 Å². The van der Waals surface area contributed by atoms with Gasteiger partial charge in [-0.25, -0.2) is 13.5 Å². The van der Waals surface area contributed by atoms with E-state index in [0.29, 0.717) is 12.5 Å². The maximum Gasteiger partial charge on any atom is 0.278 e. The van der Waals surface area contributed by atoms with Crippen molar-refractivity contribution in [1.29, 1.82) is 0 Å². The summed E-state index contributed by atoms with van der Waals surface area (Å²) >= 11 is 0. The Morgan fingerprint density at radius 2 is 1.90 bits per heavy atom. The Bertz CT molecular complexity index is 1240. The van der Waals surface area contributed by atoms with Crippen LogP contribution in [0.2, 0.25) is 0 Å². The van der Waals surface area contributed by atoms with Crippen molar-refractivity contribution in [3.05, 3.63) is 87.8 Å². The summed E-state index contributed by atoms with van der Waals surface area (Å²) in [5, 5.41) is 6.30. The number of rotatable bonds is 4. The number of hydrogen-bond donors (Lipinski definition) is 1. The first kappa shape index (κ1) is 20.4. The number of hydrogen-bond acceptors (Lipinski definition) is 4. The summed E-state index contributed by atoms with van der Waals surface area (Å²) in [6.07, 6.45) is 0.702. The molecule has 0 fully saturated rings. The highest BCUT2D eigenvalue weighted by atomic mass is 19.1. The molecule has 2 aromatic carbocycles. The van der Waals surface area contributed by atoms with Gasteiger partial charge >= 0.3 is 0 Å². The van der Waals surface area contributed by atoms with Gasteiger partial charge in [-0.05, 0) is 43.2 Å². The number of halogens is 2. The second-order valence-corrected chi connectivity index (χ2v) is 7.24. The topological polar surface area (TPSA) is 84.3 Å². The number of nitrogens with zero attached hydrogens (tertiary/aromatic N) is 3. The molecule has 3 aromatic rings. The lowest BCUT2D eigenvalue weighted by molar-refractivity contribution is -0.117. The van der Waals surface area contributed by atoms with Crippen LogP contribution in [0.1, 0.15) is 23.0 Å². The Balaban J connectivity index is 1.55. The van der Waals surface area contributed by atoms with E-state index in [1.54, 1.807) is 4.90 Å². The highest BCUT2D eigenvalue weighted by molar-refractivity contribution is 6.06. The van der Waals surface area contributed by atoms with Gasteiger partial charge in [-0.2, -0.15) is 5.10 Å². The van der Waals surface area contributed by atoms with E-state index in [4.69, 9.17) is 0 Å². The average molecular weight is 424 g/mol. The SMILES string of the molecule is CC1Cc2ccccc2N1C(=O)c1ccc(=O)n(CC(=O)Nc2ccc(F)cc2F)n1. The molecule has 0 saturated carbocycles. The number of nitrogens with one attached hydrogen (secondary N) is 1. The molecule has 0 aliphatic carbocycles. The molecule has 0 spiro atoms. The maximum absolute atomic E-state index is 13.7. The quantitative estimate of drug-likeness (QED) is 0.698. The second kappa shape index (κ2) is 8.10. The number of amides is 2. The van der Waals surface area contributed by atoms with Crippen molar-refractivity contribution in [2.24, 2.45) is 0 Å². The maximum atomic E-state index is 13.7. The van der Waals surface area contributed by atoms with Crippen LogP contribution in [0, 0.1) is 11.6 Å². The smallest absolute Gasteiger partial charge is 0.278 e. The lowest BCUT2D eigenvalue weighted by Gasteiger charge is -2.22. The molecule has 1 unspecified atom stereocenters. The summed E-state index contributed by atoms with van der Waals surface area (Å²) in [7, 11) is 0. The Morgan fingerprint density at radius 1 is 1.13 bits per heavy atom. The van der Waals surface area contributed by atoms with Crippen LogP contribution < -0.4 is 15.8 Å². The first-order valence-electron chi connectivity index (χ1n) is 9.58. The number of anilines is 2. The van der Waals surface area contributed by atoms with Gasteiger partial charge in [0.05, 0.1) is 5.69 Å². The minimum Gasteiger partial charge on any atom is -0.322 e. The molecule has 0 radical (unpaired) electrons. The minimum atomic E-state index is -0.945. The standard InChI is InChI=1S/C22H18F2N4O3/c1-13-10-14-4-2-3-5-19(14)28(13)22(31)18-8-9-21(30)27(26-18)12-20(29)25-17-7-6-15(23)11-16(17)24/h2-9,11,13H,10,12H2,1H3,(H,25,29). The third-order valence-electron chi connectivity index (χ3n) is 5.01. The fourth-order valence-electron chi connectivity index (χ4n) is 3.59. The van der Waals surface area contributed by atoms with Gasteiger partial charge in [0.1, 0.15) is 23.9 Å². The zero-order chi connectivity index (χ0) is 22.1. The summed E-state index contributed by atoms with van der Waals surface area (Å²) in [6, 6.07) is 12.6. The summed E-state index contributed by atoms with van der Waals surface area (Å²) in [4.78, 5) is 39.1. The second-order valence-electron chi connectivity index (χ2n) is 7.24. The van der Waals surface area contributed by atoms with E-state index >= 15 is 0 Å². The molecule has 4 rings (SSSR count). The molecule has 31 heavy (non-hydrogen) atoms. The van der Waals surface area contributed by atoms with E-state index in [9.17, 15) is 23.2 Å². The molecule has 2 amide bonds. The molecule has 2 heterocycles. The highest BCUT2D eigenvalue weighted by Gasteiger charge is 2.32. The number of benzene rings is 2. The van der Waals surface area contributed by atoms with E-state index in [2.05, 4.69) is 10.4 Å². The van der Waals surface area contributed by atoms with Crippen LogP contribution in [0.15, 0.2) is 59.4 Å². The van der Waals surface area contributed by atoms with Gasteiger partial charge in [-0.3, -0.25) is 14.4 Å². The van der Waals surface area contributed by atoms with Crippen molar-refractivity contribution in [3.8, 4) is 0 Å². The number of carbonyl (C=O) groups excluding carboxylic acids is 2. The summed E-state index contributed by atoms with van der Waals surface area (Å²) in [6.45, 7) is 1.38. The van der Waals surface area contributed by atoms with Gasteiger partial charge in [0.25, 0.3) is 11.5 Å². The first-order chi connectivity index (χ1) is 14.8. The van der Waals surface area contributed by atoms with Gasteiger partial charge in [0.15, 0.2) is 0 Å². The Kier molecular flexibility index (Phi) is 5.33.